The molecule has 0 aromatic carbocycles. The average molecular weight is 314 g/mol. The summed E-state index contributed by atoms with van der Waals surface area (Å²) in [6, 6.07) is 0. The number of rotatable bonds is 4. The van der Waals surface area contributed by atoms with Crippen LogP contribution in [0, 0.1) is 5.92 Å². The van der Waals surface area contributed by atoms with Crippen molar-refractivity contribution in [2.24, 2.45) is 11.1 Å². The molecular formula is C13H22N4O3S. The SMILES string of the molecule is CCc1[nH]nc(C(=O)N2CCC(CC)CC2)c1S(N)(=O)=O. The van der Waals surface area contributed by atoms with Gasteiger partial charge in [-0.05, 0) is 25.2 Å². The third kappa shape index (κ3) is 3.26. The van der Waals surface area contributed by atoms with Crippen LogP contribution in [0.3, 0.4) is 0 Å². The zero-order valence-corrected chi connectivity index (χ0v) is 13.2. The van der Waals surface area contributed by atoms with Crippen LogP contribution in [0.1, 0.15) is 49.3 Å². The fourth-order valence-electron chi connectivity index (χ4n) is 2.75. The van der Waals surface area contributed by atoms with Crippen LogP contribution in [0.15, 0.2) is 4.90 Å². The number of carbonyl (C=O) groups excluding carboxylic acids is 1. The van der Waals surface area contributed by atoms with E-state index in [1.165, 1.54) is 0 Å². The number of primary sulfonamides is 1. The molecule has 0 saturated carbocycles. The van der Waals surface area contributed by atoms with Crippen LogP contribution in [-0.4, -0.2) is 42.5 Å². The van der Waals surface area contributed by atoms with E-state index in [0.717, 1.165) is 19.3 Å². The summed E-state index contributed by atoms with van der Waals surface area (Å²) >= 11 is 0. The van der Waals surface area contributed by atoms with Crippen molar-refractivity contribution in [3.63, 3.8) is 0 Å². The summed E-state index contributed by atoms with van der Waals surface area (Å²) in [5, 5.41) is 11.7. The third-order valence-electron chi connectivity index (χ3n) is 4.11. The maximum absolute atomic E-state index is 12.5. The molecule has 21 heavy (non-hydrogen) atoms. The number of nitrogens with two attached hydrogens (primary N) is 1. The molecule has 0 aliphatic carbocycles. The Hall–Kier alpha value is -1.41. The van der Waals surface area contributed by atoms with E-state index in [2.05, 4.69) is 17.1 Å². The van der Waals surface area contributed by atoms with E-state index in [-0.39, 0.29) is 16.5 Å². The van der Waals surface area contributed by atoms with Gasteiger partial charge in [0.1, 0.15) is 4.90 Å². The van der Waals surface area contributed by atoms with Crippen LogP contribution in [0.2, 0.25) is 0 Å². The topological polar surface area (TPSA) is 109 Å². The summed E-state index contributed by atoms with van der Waals surface area (Å²) in [5.74, 6) is 0.279. The number of aromatic nitrogens is 2. The van der Waals surface area contributed by atoms with Gasteiger partial charge in [0.05, 0.1) is 5.69 Å². The maximum Gasteiger partial charge on any atom is 0.275 e. The number of sulfonamides is 1. The highest BCUT2D eigenvalue weighted by Gasteiger charge is 2.31. The molecule has 7 nitrogen and oxygen atoms in total. The van der Waals surface area contributed by atoms with Crippen molar-refractivity contribution in [1.29, 1.82) is 0 Å². The summed E-state index contributed by atoms with van der Waals surface area (Å²) in [4.78, 5) is 14.0. The highest BCUT2D eigenvalue weighted by atomic mass is 32.2. The molecule has 0 unspecified atom stereocenters. The lowest BCUT2D eigenvalue weighted by molar-refractivity contribution is 0.0679. The molecule has 0 spiro atoms. The summed E-state index contributed by atoms with van der Waals surface area (Å²) in [7, 11) is -3.97. The largest absolute Gasteiger partial charge is 0.337 e. The number of aryl methyl sites for hydroxylation is 1. The molecule has 1 amide bonds. The van der Waals surface area contributed by atoms with Crippen LogP contribution in [0.25, 0.3) is 0 Å². The summed E-state index contributed by atoms with van der Waals surface area (Å²) in [6.45, 7) is 5.19. The second-order valence-corrected chi connectivity index (χ2v) is 6.92. The monoisotopic (exact) mass is 314 g/mol. The number of hydrogen-bond acceptors (Lipinski definition) is 4. The summed E-state index contributed by atoms with van der Waals surface area (Å²) < 4.78 is 23.5. The van der Waals surface area contributed by atoms with E-state index in [1.807, 2.05) is 0 Å². The molecule has 1 aliphatic heterocycles. The molecule has 118 valence electrons. The molecule has 1 aromatic heterocycles. The fourth-order valence-corrected chi connectivity index (χ4v) is 3.69. The Morgan fingerprint density at radius 1 is 1.38 bits per heavy atom. The smallest absolute Gasteiger partial charge is 0.275 e. The standard InChI is InChI=1S/C13H22N4O3S/c1-3-9-5-7-17(8-6-9)13(18)11-12(21(14,19)20)10(4-2)15-16-11/h9H,3-8H2,1-2H3,(H,15,16)(H2,14,19,20). The van der Waals surface area contributed by atoms with Crippen LogP contribution in [0.5, 0.6) is 0 Å². The fraction of sp³-hybridized carbons (Fsp3) is 0.692. The second-order valence-electron chi connectivity index (χ2n) is 5.42. The Balaban J connectivity index is 2.27. The van der Waals surface area contributed by atoms with Gasteiger partial charge in [-0.2, -0.15) is 5.10 Å². The van der Waals surface area contributed by atoms with Gasteiger partial charge in [-0.1, -0.05) is 20.3 Å². The minimum absolute atomic E-state index is 0.0794. The summed E-state index contributed by atoms with van der Waals surface area (Å²) in [6.07, 6.45) is 3.41. The molecule has 1 saturated heterocycles. The van der Waals surface area contributed by atoms with E-state index in [4.69, 9.17) is 5.14 Å². The van der Waals surface area contributed by atoms with Crippen molar-refractivity contribution in [2.45, 2.75) is 44.4 Å². The first-order valence-electron chi connectivity index (χ1n) is 7.27. The quantitative estimate of drug-likeness (QED) is 0.859. The lowest BCUT2D eigenvalue weighted by Crippen LogP contribution is -2.39. The van der Waals surface area contributed by atoms with E-state index in [1.54, 1.807) is 11.8 Å². The number of nitrogens with one attached hydrogen (secondary N) is 1. The number of likely N-dealkylation sites (tertiary alicyclic amines) is 1. The Labute approximate surface area is 124 Å². The van der Waals surface area contributed by atoms with Gasteiger partial charge in [-0.25, -0.2) is 13.6 Å². The van der Waals surface area contributed by atoms with E-state index in [9.17, 15) is 13.2 Å². The molecule has 2 rings (SSSR count). The number of piperidine rings is 1. The van der Waals surface area contributed by atoms with Gasteiger partial charge in [-0.3, -0.25) is 9.89 Å². The predicted molar refractivity (Wildman–Crippen MR) is 78.3 cm³/mol. The molecule has 0 radical (unpaired) electrons. The lowest BCUT2D eigenvalue weighted by Gasteiger charge is -2.31. The third-order valence-corrected chi connectivity index (χ3v) is 5.12. The molecule has 1 fully saturated rings. The zero-order valence-electron chi connectivity index (χ0n) is 12.4. The Bertz CT molecular complexity index is 615. The number of nitrogens with zero attached hydrogens (tertiary/aromatic N) is 2. The van der Waals surface area contributed by atoms with Crippen LogP contribution >= 0.6 is 0 Å². The zero-order chi connectivity index (χ0) is 15.6. The van der Waals surface area contributed by atoms with Gasteiger partial charge in [0.15, 0.2) is 5.69 Å². The normalized spacial score (nSPS) is 17.2. The number of H-pyrrole nitrogens is 1. The van der Waals surface area contributed by atoms with E-state index in [0.29, 0.717) is 31.1 Å². The predicted octanol–water partition coefficient (Wildman–Crippen LogP) is 0.882. The molecule has 2 heterocycles. The first-order valence-corrected chi connectivity index (χ1v) is 8.82. The number of aromatic amines is 1. The molecular weight excluding hydrogens is 292 g/mol. The van der Waals surface area contributed by atoms with Gasteiger partial charge in [0, 0.05) is 13.1 Å². The first-order chi connectivity index (χ1) is 9.88. The molecule has 3 N–H and O–H groups in total. The minimum Gasteiger partial charge on any atom is -0.337 e. The molecule has 1 aliphatic rings. The van der Waals surface area contributed by atoms with Crippen molar-refractivity contribution in [3.8, 4) is 0 Å². The van der Waals surface area contributed by atoms with Crippen molar-refractivity contribution < 1.29 is 13.2 Å². The molecule has 0 bridgehead atoms. The minimum atomic E-state index is -3.97. The second kappa shape index (κ2) is 6.15. The number of carbonyl (C=O) groups is 1. The van der Waals surface area contributed by atoms with Crippen molar-refractivity contribution in [3.05, 3.63) is 11.4 Å². The van der Waals surface area contributed by atoms with Crippen LogP contribution in [-0.2, 0) is 16.4 Å². The van der Waals surface area contributed by atoms with Gasteiger partial charge in [-0.15, -0.1) is 0 Å². The molecule has 1 aromatic rings. The molecule has 0 atom stereocenters. The van der Waals surface area contributed by atoms with Gasteiger partial charge in [0.25, 0.3) is 5.91 Å². The Kier molecular flexibility index (Phi) is 4.67. The van der Waals surface area contributed by atoms with Gasteiger partial charge < -0.3 is 4.90 Å². The van der Waals surface area contributed by atoms with Crippen LogP contribution < -0.4 is 5.14 Å². The number of amides is 1. The number of hydrogen-bond donors (Lipinski definition) is 2. The lowest BCUT2D eigenvalue weighted by atomic mass is 9.94. The highest BCUT2D eigenvalue weighted by Crippen LogP contribution is 2.24. The van der Waals surface area contributed by atoms with Crippen LogP contribution in [0.4, 0.5) is 0 Å². The highest BCUT2D eigenvalue weighted by molar-refractivity contribution is 7.89. The maximum atomic E-state index is 12.5. The van der Waals surface area contributed by atoms with Crippen molar-refractivity contribution in [2.75, 3.05) is 13.1 Å². The summed E-state index contributed by atoms with van der Waals surface area (Å²) in [5.41, 5.74) is 0.300. The van der Waals surface area contributed by atoms with Gasteiger partial charge in [0.2, 0.25) is 10.0 Å². The Morgan fingerprint density at radius 3 is 2.48 bits per heavy atom. The Morgan fingerprint density at radius 2 is 2.00 bits per heavy atom. The van der Waals surface area contributed by atoms with E-state index >= 15 is 0 Å². The van der Waals surface area contributed by atoms with E-state index < -0.39 is 10.0 Å². The average Bonchev–Trinajstić information content (AvgIpc) is 2.90. The molecule has 8 heteroatoms. The van der Waals surface area contributed by atoms with Crippen molar-refractivity contribution >= 4 is 15.9 Å². The van der Waals surface area contributed by atoms with Crippen molar-refractivity contribution in [1.82, 2.24) is 15.1 Å². The first kappa shape index (κ1) is 16.0. The van der Waals surface area contributed by atoms with Gasteiger partial charge >= 0.3 is 0 Å².